The van der Waals surface area contributed by atoms with Crippen LogP contribution in [0, 0.1) is 0 Å². The monoisotopic (exact) mass is 327 g/mol. The molecule has 0 radical (unpaired) electrons. The Morgan fingerprint density at radius 2 is 2.12 bits per heavy atom. The summed E-state index contributed by atoms with van der Waals surface area (Å²) in [4.78, 5) is 15.0. The van der Waals surface area contributed by atoms with Crippen LogP contribution < -0.4 is 4.74 Å². The summed E-state index contributed by atoms with van der Waals surface area (Å²) in [5.41, 5.74) is 2.75. The summed E-state index contributed by atoms with van der Waals surface area (Å²) in [6.07, 6.45) is 2.00. The molecule has 5 nitrogen and oxygen atoms in total. The van der Waals surface area contributed by atoms with Crippen molar-refractivity contribution in [3.8, 4) is 5.75 Å². The Labute approximate surface area is 143 Å². The first-order chi connectivity index (χ1) is 11.5. The van der Waals surface area contributed by atoms with Crippen LogP contribution in [0.5, 0.6) is 5.75 Å². The molecular weight excluding hydrogens is 302 g/mol. The van der Waals surface area contributed by atoms with E-state index in [1.54, 1.807) is 11.8 Å². The van der Waals surface area contributed by atoms with Crippen molar-refractivity contribution in [2.24, 2.45) is 7.05 Å². The van der Waals surface area contributed by atoms with Crippen molar-refractivity contribution in [2.45, 2.75) is 38.6 Å². The summed E-state index contributed by atoms with van der Waals surface area (Å²) in [6.45, 7) is 4.96. The molecule has 1 aromatic heterocycles. The lowest BCUT2D eigenvalue weighted by molar-refractivity contribution is 0.0724. The van der Waals surface area contributed by atoms with E-state index in [9.17, 15) is 4.79 Å². The van der Waals surface area contributed by atoms with Gasteiger partial charge in [0.2, 0.25) is 0 Å². The third-order valence-corrected chi connectivity index (χ3v) is 4.70. The van der Waals surface area contributed by atoms with Gasteiger partial charge < -0.3 is 9.64 Å². The normalized spacial score (nSPS) is 17.5. The van der Waals surface area contributed by atoms with Crippen molar-refractivity contribution < 1.29 is 9.53 Å². The average Bonchev–Trinajstić information content (AvgIpc) is 3.21. The molecule has 0 aliphatic carbocycles. The molecule has 3 rings (SSSR count). The molecule has 1 atom stereocenters. The first-order valence-electron chi connectivity index (χ1n) is 8.50. The van der Waals surface area contributed by atoms with Gasteiger partial charge in [-0.2, -0.15) is 5.10 Å². The van der Waals surface area contributed by atoms with Crippen molar-refractivity contribution in [2.75, 3.05) is 13.7 Å². The third kappa shape index (κ3) is 3.03. The van der Waals surface area contributed by atoms with Gasteiger partial charge in [0.15, 0.2) is 0 Å². The number of hydrogen-bond donors (Lipinski definition) is 0. The van der Waals surface area contributed by atoms with E-state index in [1.807, 2.05) is 36.2 Å². The molecule has 0 saturated carbocycles. The smallest absolute Gasteiger partial charge is 0.272 e. The van der Waals surface area contributed by atoms with E-state index in [2.05, 4.69) is 25.0 Å². The number of rotatable bonds is 4. The van der Waals surface area contributed by atoms with E-state index in [0.717, 1.165) is 36.4 Å². The van der Waals surface area contributed by atoms with Gasteiger partial charge in [-0.15, -0.1) is 0 Å². The Bertz CT molecular complexity index is 736. The highest BCUT2D eigenvalue weighted by Gasteiger charge is 2.32. The number of likely N-dealkylation sites (tertiary alicyclic amines) is 1. The summed E-state index contributed by atoms with van der Waals surface area (Å²) < 4.78 is 7.03. The van der Waals surface area contributed by atoms with Crippen molar-refractivity contribution in [3.05, 3.63) is 47.3 Å². The number of carbonyl (C=O) groups is 1. The molecule has 128 valence electrons. The van der Waals surface area contributed by atoms with Gasteiger partial charge in [0.25, 0.3) is 5.91 Å². The lowest BCUT2D eigenvalue weighted by Crippen LogP contribution is -2.32. The summed E-state index contributed by atoms with van der Waals surface area (Å²) in [5.74, 6) is 1.20. The molecule has 1 amide bonds. The number of carbonyl (C=O) groups excluding carboxylic acids is 1. The summed E-state index contributed by atoms with van der Waals surface area (Å²) >= 11 is 0. The quantitative estimate of drug-likeness (QED) is 0.863. The molecule has 1 aliphatic rings. The van der Waals surface area contributed by atoms with Gasteiger partial charge in [-0.1, -0.05) is 26.0 Å². The van der Waals surface area contributed by atoms with Gasteiger partial charge >= 0.3 is 0 Å². The number of ether oxygens (including phenoxy) is 1. The Kier molecular flexibility index (Phi) is 4.60. The van der Waals surface area contributed by atoms with E-state index in [0.29, 0.717) is 11.6 Å². The van der Waals surface area contributed by atoms with E-state index >= 15 is 0 Å². The van der Waals surface area contributed by atoms with Gasteiger partial charge in [0.05, 0.1) is 18.8 Å². The summed E-state index contributed by atoms with van der Waals surface area (Å²) in [5, 5.41) is 4.48. The SMILES string of the molecule is COc1cccc([C@@H]2CCCN2C(=O)c2cc(C(C)C)nn2C)c1. The minimum atomic E-state index is 0.0576. The van der Waals surface area contributed by atoms with Crippen molar-refractivity contribution in [1.29, 1.82) is 0 Å². The van der Waals surface area contributed by atoms with Crippen molar-refractivity contribution in [3.63, 3.8) is 0 Å². The predicted octanol–water partition coefficient (Wildman–Crippen LogP) is 3.53. The second kappa shape index (κ2) is 6.67. The summed E-state index contributed by atoms with van der Waals surface area (Å²) in [7, 11) is 3.51. The van der Waals surface area contributed by atoms with Crippen LogP contribution >= 0.6 is 0 Å². The number of benzene rings is 1. The second-order valence-corrected chi connectivity index (χ2v) is 6.67. The molecule has 0 bridgehead atoms. The van der Waals surface area contributed by atoms with Crippen LogP contribution in [0.4, 0.5) is 0 Å². The Balaban J connectivity index is 1.88. The molecule has 1 aromatic carbocycles. The lowest BCUT2D eigenvalue weighted by Gasteiger charge is -2.25. The van der Waals surface area contributed by atoms with Crippen molar-refractivity contribution in [1.82, 2.24) is 14.7 Å². The molecule has 0 unspecified atom stereocenters. The Hall–Kier alpha value is -2.30. The maximum Gasteiger partial charge on any atom is 0.272 e. The highest BCUT2D eigenvalue weighted by molar-refractivity contribution is 5.93. The first kappa shape index (κ1) is 16.6. The van der Waals surface area contributed by atoms with Crippen molar-refractivity contribution >= 4 is 5.91 Å². The van der Waals surface area contributed by atoms with E-state index in [1.165, 1.54) is 0 Å². The zero-order valence-electron chi connectivity index (χ0n) is 14.8. The minimum Gasteiger partial charge on any atom is -0.497 e. The van der Waals surface area contributed by atoms with Gasteiger partial charge in [-0.05, 0) is 42.5 Å². The van der Waals surface area contributed by atoms with Gasteiger partial charge in [0.1, 0.15) is 11.4 Å². The zero-order valence-corrected chi connectivity index (χ0v) is 14.8. The van der Waals surface area contributed by atoms with Gasteiger partial charge in [-0.3, -0.25) is 9.48 Å². The average molecular weight is 327 g/mol. The van der Waals surface area contributed by atoms with Crippen LogP contribution in [-0.2, 0) is 7.05 Å². The molecule has 1 saturated heterocycles. The van der Waals surface area contributed by atoms with E-state index in [4.69, 9.17) is 4.74 Å². The number of amides is 1. The standard InChI is InChI=1S/C19H25N3O2/c1-13(2)16-12-18(21(3)20-16)19(23)22-10-6-9-17(22)14-7-5-8-15(11-14)24-4/h5,7-8,11-13,17H,6,9-10H2,1-4H3/t17-/m0/s1. The maximum absolute atomic E-state index is 13.1. The first-order valence-corrected chi connectivity index (χ1v) is 8.50. The molecule has 0 spiro atoms. The third-order valence-electron chi connectivity index (χ3n) is 4.70. The molecule has 0 N–H and O–H groups in total. The number of nitrogens with zero attached hydrogens (tertiary/aromatic N) is 3. The fourth-order valence-electron chi connectivity index (χ4n) is 3.32. The fourth-order valence-corrected chi connectivity index (χ4v) is 3.32. The number of methoxy groups -OCH3 is 1. The zero-order chi connectivity index (χ0) is 17.3. The van der Waals surface area contributed by atoms with Crippen LogP contribution in [0.1, 0.15) is 60.4 Å². The number of hydrogen-bond acceptors (Lipinski definition) is 3. The van der Waals surface area contributed by atoms with Gasteiger partial charge in [-0.25, -0.2) is 0 Å². The highest BCUT2D eigenvalue weighted by atomic mass is 16.5. The molecule has 2 heterocycles. The number of aryl methyl sites for hydroxylation is 1. The maximum atomic E-state index is 13.1. The second-order valence-electron chi connectivity index (χ2n) is 6.67. The molecule has 1 aliphatic heterocycles. The minimum absolute atomic E-state index is 0.0576. The van der Waals surface area contributed by atoms with E-state index < -0.39 is 0 Å². The van der Waals surface area contributed by atoms with E-state index in [-0.39, 0.29) is 11.9 Å². The molecule has 5 heteroatoms. The Morgan fingerprint density at radius 3 is 2.79 bits per heavy atom. The highest BCUT2D eigenvalue weighted by Crippen LogP contribution is 2.34. The van der Waals surface area contributed by atoms with Crippen LogP contribution in [-0.4, -0.2) is 34.2 Å². The molecule has 1 fully saturated rings. The van der Waals surface area contributed by atoms with Crippen LogP contribution in [0.3, 0.4) is 0 Å². The molecule has 2 aromatic rings. The largest absolute Gasteiger partial charge is 0.497 e. The molecule has 24 heavy (non-hydrogen) atoms. The van der Waals surface area contributed by atoms with Crippen LogP contribution in [0.25, 0.3) is 0 Å². The van der Waals surface area contributed by atoms with Gasteiger partial charge in [0, 0.05) is 13.6 Å². The fraction of sp³-hybridized carbons (Fsp3) is 0.474. The van der Waals surface area contributed by atoms with Crippen LogP contribution in [0.15, 0.2) is 30.3 Å². The Morgan fingerprint density at radius 1 is 1.33 bits per heavy atom. The predicted molar refractivity (Wildman–Crippen MR) is 93.3 cm³/mol. The number of aromatic nitrogens is 2. The topological polar surface area (TPSA) is 47.4 Å². The summed E-state index contributed by atoms with van der Waals surface area (Å²) in [6, 6.07) is 10.0. The van der Waals surface area contributed by atoms with Crippen LogP contribution in [0.2, 0.25) is 0 Å². The lowest BCUT2D eigenvalue weighted by atomic mass is 10.0. The molecular formula is C19H25N3O2.